The Bertz CT molecular complexity index is 551. The second kappa shape index (κ2) is 7.70. The lowest BCUT2D eigenvalue weighted by Crippen LogP contribution is -2.07. The lowest BCUT2D eigenvalue weighted by Gasteiger charge is -2.17. The van der Waals surface area contributed by atoms with Crippen molar-refractivity contribution in [2.75, 3.05) is 19.0 Å². The van der Waals surface area contributed by atoms with Crippen molar-refractivity contribution >= 4 is 5.69 Å². The number of nitrogens with one attached hydrogen (secondary N) is 1. The van der Waals surface area contributed by atoms with Crippen LogP contribution in [0.3, 0.4) is 0 Å². The van der Waals surface area contributed by atoms with E-state index in [1.165, 1.54) is 11.1 Å². The minimum atomic E-state index is 0.235. The summed E-state index contributed by atoms with van der Waals surface area (Å²) in [5, 5.41) is 3.51. The third-order valence-electron chi connectivity index (χ3n) is 3.31. The molecule has 3 heteroatoms. The van der Waals surface area contributed by atoms with Crippen LogP contribution in [0, 0.1) is 0 Å². The Labute approximate surface area is 126 Å². The molecule has 0 bridgehead atoms. The summed E-state index contributed by atoms with van der Waals surface area (Å²) in [5.74, 6) is 0.913. The molecule has 0 spiro atoms. The van der Waals surface area contributed by atoms with Gasteiger partial charge in [-0.15, -0.1) is 0 Å². The van der Waals surface area contributed by atoms with Crippen molar-refractivity contribution < 1.29 is 9.47 Å². The number of ether oxygens (including phenoxy) is 2. The molecule has 0 aliphatic heterocycles. The average Bonchev–Trinajstić information content (AvgIpc) is 2.49. The lowest BCUT2D eigenvalue weighted by atomic mass is 10.1. The monoisotopic (exact) mass is 285 g/mol. The van der Waals surface area contributed by atoms with Gasteiger partial charge in [-0.1, -0.05) is 24.3 Å². The van der Waals surface area contributed by atoms with Crippen molar-refractivity contribution in [3.05, 3.63) is 59.7 Å². The van der Waals surface area contributed by atoms with Gasteiger partial charge in [0.15, 0.2) is 0 Å². The number of rotatable bonds is 7. The van der Waals surface area contributed by atoms with Gasteiger partial charge >= 0.3 is 0 Å². The zero-order chi connectivity index (χ0) is 15.1. The van der Waals surface area contributed by atoms with Crippen molar-refractivity contribution in [1.29, 1.82) is 0 Å². The molecule has 0 saturated heterocycles. The van der Waals surface area contributed by atoms with Gasteiger partial charge in [-0.3, -0.25) is 0 Å². The molecule has 3 nitrogen and oxygen atoms in total. The van der Waals surface area contributed by atoms with Gasteiger partial charge in [0.05, 0.1) is 13.2 Å². The van der Waals surface area contributed by atoms with Crippen LogP contribution in [0.5, 0.6) is 5.75 Å². The topological polar surface area (TPSA) is 30.5 Å². The molecule has 0 heterocycles. The highest BCUT2D eigenvalue weighted by atomic mass is 16.5. The molecule has 112 valence electrons. The first-order valence-corrected chi connectivity index (χ1v) is 7.30. The molecule has 2 aromatic rings. The van der Waals surface area contributed by atoms with E-state index in [2.05, 4.69) is 42.6 Å². The molecule has 0 radical (unpaired) electrons. The molecule has 0 amide bonds. The highest BCUT2D eigenvalue weighted by Crippen LogP contribution is 2.22. The summed E-state index contributed by atoms with van der Waals surface area (Å²) in [6, 6.07) is 16.8. The van der Waals surface area contributed by atoms with E-state index < -0.39 is 0 Å². The number of methoxy groups -OCH3 is 1. The van der Waals surface area contributed by atoms with Gasteiger partial charge in [0, 0.05) is 18.8 Å². The summed E-state index contributed by atoms with van der Waals surface area (Å²) in [4.78, 5) is 0. The van der Waals surface area contributed by atoms with Crippen LogP contribution < -0.4 is 10.1 Å². The van der Waals surface area contributed by atoms with E-state index in [0.717, 1.165) is 11.4 Å². The fraction of sp³-hybridized carbons (Fsp3) is 0.333. The van der Waals surface area contributed by atoms with Crippen LogP contribution in [0.15, 0.2) is 48.5 Å². The van der Waals surface area contributed by atoms with Crippen LogP contribution >= 0.6 is 0 Å². The molecule has 1 atom stereocenters. The van der Waals surface area contributed by atoms with Gasteiger partial charge in [0.2, 0.25) is 0 Å². The third kappa shape index (κ3) is 4.50. The van der Waals surface area contributed by atoms with Crippen molar-refractivity contribution in [2.45, 2.75) is 26.5 Å². The van der Waals surface area contributed by atoms with Crippen molar-refractivity contribution in [2.24, 2.45) is 0 Å². The molecule has 2 aromatic carbocycles. The van der Waals surface area contributed by atoms with Crippen molar-refractivity contribution in [3.63, 3.8) is 0 Å². The minimum Gasteiger partial charge on any atom is -0.494 e. The van der Waals surface area contributed by atoms with Crippen LogP contribution in [-0.4, -0.2) is 13.7 Å². The predicted molar refractivity (Wildman–Crippen MR) is 86.8 cm³/mol. The second-order valence-corrected chi connectivity index (χ2v) is 5.00. The molecule has 1 N–H and O–H groups in total. The molecule has 0 fully saturated rings. The first kappa shape index (κ1) is 15.4. The zero-order valence-corrected chi connectivity index (χ0v) is 12.9. The Morgan fingerprint density at radius 3 is 2.52 bits per heavy atom. The zero-order valence-electron chi connectivity index (χ0n) is 12.9. The van der Waals surface area contributed by atoms with Crippen LogP contribution in [-0.2, 0) is 11.3 Å². The Balaban J connectivity index is 2.03. The Hall–Kier alpha value is -2.00. The molecule has 1 unspecified atom stereocenters. The highest BCUT2D eigenvalue weighted by molar-refractivity contribution is 5.47. The standard InChI is InChI=1S/C18H23NO2/c1-4-21-18-10-8-16(9-11-18)14(2)19-17-7-5-6-15(12-17)13-20-3/h5-12,14,19H,4,13H2,1-3H3. The second-order valence-electron chi connectivity index (χ2n) is 5.00. The van der Waals surface area contributed by atoms with E-state index in [1.807, 2.05) is 25.1 Å². The summed E-state index contributed by atoms with van der Waals surface area (Å²) in [7, 11) is 1.71. The predicted octanol–water partition coefficient (Wildman–Crippen LogP) is 4.40. The first-order valence-electron chi connectivity index (χ1n) is 7.30. The van der Waals surface area contributed by atoms with E-state index in [4.69, 9.17) is 9.47 Å². The van der Waals surface area contributed by atoms with Crippen LogP contribution in [0.25, 0.3) is 0 Å². The van der Waals surface area contributed by atoms with Crippen LogP contribution in [0.4, 0.5) is 5.69 Å². The summed E-state index contributed by atoms with van der Waals surface area (Å²) < 4.78 is 10.6. The molecule has 0 saturated carbocycles. The number of hydrogen-bond acceptors (Lipinski definition) is 3. The maximum absolute atomic E-state index is 5.47. The fourth-order valence-electron chi connectivity index (χ4n) is 2.27. The summed E-state index contributed by atoms with van der Waals surface area (Å²) in [5.41, 5.74) is 3.50. The van der Waals surface area contributed by atoms with Crippen LogP contribution in [0.1, 0.15) is 31.0 Å². The lowest BCUT2D eigenvalue weighted by molar-refractivity contribution is 0.185. The van der Waals surface area contributed by atoms with E-state index in [9.17, 15) is 0 Å². The Morgan fingerprint density at radius 2 is 1.86 bits per heavy atom. The van der Waals surface area contributed by atoms with E-state index >= 15 is 0 Å². The van der Waals surface area contributed by atoms with Gasteiger partial charge in [-0.25, -0.2) is 0 Å². The van der Waals surface area contributed by atoms with E-state index in [0.29, 0.717) is 13.2 Å². The number of benzene rings is 2. The smallest absolute Gasteiger partial charge is 0.119 e. The van der Waals surface area contributed by atoms with Gasteiger partial charge in [-0.2, -0.15) is 0 Å². The van der Waals surface area contributed by atoms with Gasteiger partial charge in [0.1, 0.15) is 5.75 Å². The minimum absolute atomic E-state index is 0.235. The molecular weight excluding hydrogens is 262 g/mol. The SMILES string of the molecule is CCOc1ccc(C(C)Nc2cccc(COC)c2)cc1. The molecule has 2 rings (SSSR count). The highest BCUT2D eigenvalue weighted by Gasteiger charge is 2.06. The van der Waals surface area contributed by atoms with Gasteiger partial charge in [-0.05, 0) is 49.2 Å². The normalized spacial score (nSPS) is 12.0. The first-order chi connectivity index (χ1) is 10.2. The fourth-order valence-corrected chi connectivity index (χ4v) is 2.27. The number of hydrogen-bond donors (Lipinski definition) is 1. The van der Waals surface area contributed by atoms with Gasteiger partial charge in [0.25, 0.3) is 0 Å². The Morgan fingerprint density at radius 1 is 1.10 bits per heavy atom. The quantitative estimate of drug-likeness (QED) is 0.817. The van der Waals surface area contributed by atoms with Crippen LogP contribution in [0.2, 0.25) is 0 Å². The maximum atomic E-state index is 5.47. The summed E-state index contributed by atoms with van der Waals surface area (Å²) in [6.07, 6.45) is 0. The number of anilines is 1. The van der Waals surface area contributed by atoms with Crippen molar-refractivity contribution in [3.8, 4) is 5.75 Å². The van der Waals surface area contributed by atoms with Gasteiger partial charge < -0.3 is 14.8 Å². The summed E-state index contributed by atoms with van der Waals surface area (Å²) in [6.45, 7) is 5.47. The molecule has 0 aliphatic carbocycles. The Kier molecular flexibility index (Phi) is 5.64. The van der Waals surface area contributed by atoms with Crippen molar-refractivity contribution in [1.82, 2.24) is 0 Å². The third-order valence-corrected chi connectivity index (χ3v) is 3.31. The largest absolute Gasteiger partial charge is 0.494 e. The summed E-state index contributed by atoms with van der Waals surface area (Å²) >= 11 is 0. The van der Waals surface area contributed by atoms with E-state index in [-0.39, 0.29) is 6.04 Å². The molecular formula is C18H23NO2. The molecule has 0 aromatic heterocycles. The molecule has 21 heavy (non-hydrogen) atoms. The average molecular weight is 285 g/mol. The van der Waals surface area contributed by atoms with E-state index in [1.54, 1.807) is 7.11 Å². The maximum Gasteiger partial charge on any atom is 0.119 e. The molecule has 0 aliphatic rings.